The Balaban J connectivity index is 1.10. The second kappa shape index (κ2) is 14.8. The van der Waals surface area contributed by atoms with E-state index >= 15 is 8.78 Å². The van der Waals surface area contributed by atoms with Gasteiger partial charge in [-0.05, 0) is 32.0 Å². The van der Waals surface area contributed by atoms with Crippen LogP contribution < -0.4 is 31.3 Å². The lowest BCUT2D eigenvalue weighted by Crippen LogP contribution is -2.48. The minimum absolute atomic E-state index is 0.0208. The van der Waals surface area contributed by atoms with Gasteiger partial charge in [0.2, 0.25) is 22.7 Å². The third-order valence-electron chi connectivity index (χ3n) is 10.0. The number of aryl methyl sites for hydroxylation is 2. The molecule has 2 saturated heterocycles. The van der Waals surface area contributed by atoms with Gasteiger partial charge in [0, 0.05) is 97.1 Å². The number of hydrogen-bond acceptors (Lipinski definition) is 11. The van der Waals surface area contributed by atoms with Crippen molar-refractivity contribution in [1.82, 2.24) is 34.1 Å². The van der Waals surface area contributed by atoms with Gasteiger partial charge in [0.05, 0.1) is 16.6 Å². The molecule has 0 spiro atoms. The maximum atomic E-state index is 15.5. The predicted molar refractivity (Wildman–Crippen MR) is 200 cm³/mol. The molecule has 17 nitrogen and oxygen atoms in total. The molecule has 19 heteroatoms. The second-order valence-corrected chi connectivity index (χ2v) is 13.3. The Morgan fingerprint density at radius 2 is 1.36 bits per heavy atom. The number of hydrogen-bond donors (Lipinski definition) is 2. The van der Waals surface area contributed by atoms with Gasteiger partial charge in [-0.3, -0.25) is 24.5 Å². The SMILES string of the molecule is CCn1cc(-c2nnc(NC(=O)Nc3cn(CC)c4nc(N5CCN(C(C)=O)CC5)c(F)cc4c3=O)o2)c(=O)c2cc(F)c(N3CCN(C(C)=O)CC3)cc21. The number of amides is 4. The van der Waals surface area contributed by atoms with Crippen molar-refractivity contribution in [2.24, 2.45) is 0 Å². The fourth-order valence-corrected chi connectivity index (χ4v) is 7.01. The van der Waals surface area contributed by atoms with E-state index in [-0.39, 0.29) is 57.2 Å². The lowest BCUT2D eigenvalue weighted by molar-refractivity contribution is -0.129. The Bertz CT molecular complexity index is 2470. The van der Waals surface area contributed by atoms with Gasteiger partial charge in [0.15, 0.2) is 11.6 Å². The summed E-state index contributed by atoms with van der Waals surface area (Å²) in [6.07, 6.45) is 2.91. The van der Waals surface area contributed by atoms with E-state index in [0.717, 1.165) is 6.07 Å². The zero-order valence-corrected chi connectivity index (χ0v) is 30.7. The molecule has 7 rings (SSSR count). The summed E-state index contributed by atoms with van der Waals surface area (Å²) in [7, 11) is 0. The highest BCUT2D eigenvalue weighted by Gasteiger charge is 2.26. The molecule has 0 aliphatic carbocycles. The van der Waals surface area contributed by atoms with Crippen molar-refractivity contribution in [2.75, 3.05) is 72.8 Å². The number of fused-ring (bicyclic) bond motifs is 2. The van der Waals surface area contributed by atoms with Crippen LogP contribution in [0.3, 0.4) is 0 Å². The third-order valence-corrected chi connectivity index (χ3v) is 10.0. The summed E-state index contributed by atoms with van der Waals surface area (Å²) in [5.74, 6) is -1.58. The number of carbonyl (C=O) groups is 3. The van der Waals surface area contributed by atoms with Crippen molar-refractivity contribution < 1.29 is 27.6 Å². The fourth-order valence-electron chi connectivity index (χ4n) is 7.01. The number of halogens is 2. The maximum absolute atomic E-state index is 15.5. The van der Waals surface area contributed by atoms with Crippen LogP contribution in [0.15, 0.2) is 44.6 Å². The molecule has 2 aliphatic heterocycles. The van der Waals surface area contributed by atoms with Crippen LogP contribution in [0.25, 0.3) is 33.4 Å². The average Bonchev–Trinajstić information content (AvgIpc) is 3.64. The highest BCUT2D eigenvalue weighted by Crippen LogP contribution is 2.29. The van der Waals surface area contributed by atoms with Crippen molar-refractivity contribution >= 4 is 63.0 Å². The van der Waals surface area contributed by atoms with Gasteiger partial charge in [-0.2, -0.15) is 0 Å². The Kier molecular flexibility index (Phi) is 9.93. The summed E-state index contributed by atoms with van der Waals surface area (Å²) in [4.78, 5) is 75.1. The Hall–Kier alpha value is -6.40. The molecular weight excluding hydrogens is 720 g/mol. The number of benzene rings is 1. The number of anilines is 4. The van der Waals surface area contributed by atoms with E-state index < -0.39 is 28.5 Å². The predicted octanol–water partition coefficient (Wildman–Crippen LogP) is 3.06. The molecule has 1 aromatic carbocycles. The minimum atomic E-state index is -0.925. The summed E-state index contributed by atoms with van der Waals surface area (Å²) in [5, 5.41) is 12.6. The molecule has 5 aromatic rings. The molecule has 0 unspecified atom stereocenters. The summed E-state index contributed by atoms with van der Waals surface area (Å²) in [5.41, 5.74) is -0.391. The van der Waals surface area contributed by atoms with E-state index in [0.29, 0.717) is 76.7 Å². The fraction of sp³-hybridized carbons (Fsp3) is 0.389. The first-order valence-electron chi connectivity index (χ1n) is 17.9. The van der Waals surface area contributed by atoms with E-state index in [1.165, 1.54) is 32.3 Å². The lowest BCUT2D eigenvalue weighted by Gasteiger charge is -2.36. The molecule has 0 radical (unpaired) electrons. The van der Waals surface area contributed by atoms with Gasteiger partial charge in [-0.15, -0.1) is 5.10 Å². The zero-order chi connectivity index (χ0) is 39.1. The van der Waals surface area contributed by atoms with Gasteiger partial charge >= 0.3 is 12.0 Å². The molecule has 2 aliphatic rings. The van der Waals surface area contributed by atoms with Crippen LogP contribution in [-0.4, -0.2) is 104 Å². The first-order valence-corrected chi connectivity index (χ1v) is 17.9. The van der Waals surface area contributed by atoms with E-state index in [1.807, 2.05) is 11.8 Å². The molecule has 2 fully saturated rings. The summed E-state index contributed by atoms with van der Waals surface area (Å²) < 4.78 is 39.9. The number of pyridine rings is 3. The summed E-state index contributed by atoms with van der Waals surface area (Å²) in [6.45, 7) is 10.8. The van der Waals surface area contributed by atoms with Crippen LogP contribution in [0.1, 0.15) is 27.7 Å². The highest BCUT2D eigenvalue weighted by atomic mass is 19.1. The molecule has 4 aromatic heterocycles. The standard InChI is InChI=1S/C36H39F2N11O6/c1-5-44-18-24(30(52)22-15-25(37)29(17-28(22)44)48-11-7-46(8-12-48)20(3)50)34-42-43-36(55-34)41-35(54)39-27-19-45(6-2)32-23(31(27)53)16-26(38)33(40-32)49-13-9-47(10-14-49)21(4)51/h15-19H,5-14H2,1-4H3,(H2,39,41,43,54). The van der Waals surface area contributed by atoms with Crippen molar-refractivity contribution in [3.63, 3.8) is 0 Å². The van der Waals surface area contributed by atoms with Crippen LogP contribution in [0.2, 0.25) is 0 Å². The molecule has 4 amide bonds. The third kappa shape index (κ3) is 7.04. The van der Waals surface area contributed by atoms with Gasteiger partial charge in [-0.1, -0.05) is 5.10 Å². The maximum Gasteiger partial charge on any atom is 0.327 e. The van der Waals surface area contributed by atoms with Gasteiger partial charge in [0.1, 0.15) is 22.7 Å². The Morgan fingerprint density at radius 3 is 1.98 bits per heavy atom. The first-order chi connectivity index (χ1) is 26.4. The largest absolute Gasteiger partial charge is 0.403 e. The van der Waals surface area contributed by atoms with E-state index in [2.05, 4.69) is 25.8 Å². The number of urea groups is 1. The van der Waals surface area contributed by atoms with Gasteiger partial charge in [0.25, 0.3) is 5.89 Å². The average molecular weight is 760 g/mol. The number of piperazine rings is 2. The monoisotopic (exact) mass is 759 g/mol. The van der Waals surface area contributed by atoms with Crippen molar-refractivity contribution in [2.45, 2.75) is 40.8 Å². The van der Waals surface area contributed by atoms with Crippen molar-refractivity contribution in [3.05, 3.63) is 62.7 Å². The molecule has 0 bridgehead atoms. The number of aromatic nitrogens is 5. The molecule has 2 N–H and O–H groups in total. The van der Waals surface area contributed by atoms with Crippen LogP contribution in [-0.2, 0) is 22.7 Å². The van der Waals surface area contributed by atoms with Crippen LogP contribution in [0, 0.1) is 11.6 Å². The van der Waals surface area contributed by atoms with Crippen LogP contribution in [0.4, 0.5) is 36.8 Å². The molecule has 55 heavy (non-hydrogen) atoms. The van der Waals surface area contributed by atoms with Crippen molar-refractivity contribution in [3.8, 4) is 11.5 Å². The van der Waals surface area contributed by atoms with Crippen molar-refractivity contribution in [1.29, 1.82) is 0 Å². The normalized spacial score (nSPS) is 14.9. The molecular formula is C36H39F2N11O6. The Labute approximate surface area is 312 Å². The Morgan fingerprint density at radius 1 is 0.745 bits per heavy atom. The van der Waals surface area contributed by atoms with Crippen LogP contribution in [0.5, 0.6) is 0 Å². The molecule has 0 saturated carbocycles. The lowest BCUT2D eigenvalue weighted by atomic mass is 10.1. The quantitative estimate of drug-likeness (QED) is 0.249. The first kappa shape index (κ1) is 36.9. The number of rotatable bonds is 7. The summed E-state index contributed by atoms with van der Waals surface area (Å²) in [6, 6.07) is 2.57. The topological polar surface area (TPSA) is 184 Å². The number of nitrogens with one attached hydrogen (secondary N) is 2. The highest BCUT2D eigenvalue weighted by molar-refractivity contribution is 5.99. The number of nitrogens with zero attached hydrogens (tertiary/aromatic N) is 9. The minimum Gasteiger partial charge on any atom is -0.403 e. The molecule has 288 valence electrons. The van der Waals surface area contributed by atoms with E-state index in [1.54, 1.807) is 36.8 Å². The van der Waals surface area contributed by atoms with E-state index in [9.17, 15) is 24.0 Å². The van der Waals surface area contributed by atoms with Crippen LogP contribution >= 0.6 is 0 Å². The molecule has 0 atom stereocenters. The number of carbonyl (C=O) groups excluding carboxylic acids is 3. The zero-order valence-electron chi connectivity index (χ0n) is 30.7. The molecule has 6 heterocycles. The summed E-state index contributed by atoms with van der Waals surface area (Å²) >= 11 is 0. The van der Waals surface area contributed by atoms with Gasteiger partial charge in [-0.25, -0.2) is 18.6 Å². The smallest absolute Gasteiger partial charge is 0.327 e. The van der Waals surface area contributed by atoms with E-state index in [4.69, 9.17) is 4.42 Å². The van der Waals surface area contributed by atoms with Gasteiger partial charge < -0.3 is 38.5 Å². The second-order valence-electron chi connectivity index (χ2n) is 13.3.